The Kier molecular flexibility index (Phi) is 20.1. The van der Waals surface area contributed by atoms with E-state index in [1.165, 1.54) is 102 Å². The standard InChI is InChI=1S/C22H46O2Si/c1-5-6-7-8-9-10-11-12-13-14-15-16-17-18-19-20-21-25(4)24-22(2)23-3/h5,22,25H,1,6-21H2,2-4H3. The maximum atomic E-state index is 5.84. The molecule has 0 N–H and O–H groups in total. The van der Waals surface area contributed by atoms with Crippen LogP contribution in [0.5, 0.6) is 0 Å². The Bertz CT molecular complexity index is 271. The van der Waals surface area contributed by atoms with Gasteiger partial charge in [-0.05, 0) is 32.4 Å². The molecule has 0 spiro atoms. The molecule has 0 aromatic heterocycles. The van der Waals surface area contributed by atoms with Crippen LogP contribution in [0.2, 0.25) is 12.6 Å². The predicted octanol–water partition coefficient (Wildman–Crippen LogP) is 7.39. The van der Waals surface area contributed by atoms with Crippen LogP contribution in [0.15, 0.2) is 12.7 Å². The van der Waals surface area contributed by atoms with Gasteiger partial charge in [0.05, 0.1) is 0 Å². The lowest BCUT2D eigenvalue weighted by Gasteiger charge is -2.16. The molecule has 0 aliphatic carbocycles. The van der Waals surface area contributed by atoms with E-state index in [1.807, 2.05) is 13.0 Å². The summed E-state index contributed by atoms with van der Waals surface area (Å²) in [6.07, 6.45) is 23.0. The summed E-state index contributed by atoms with van der Waals surface area (Å²) in [5, 5.41) is 0. The van der Waals surface area contributed by atoms with E-state index in [1.54, 1.807) is 7.11 Å². The van der Waals surface area contributed by atoms with Gasteiger partial charge >= 0.3 is 0 Å². The Morgan fingerprint density at radius 2 is 1.16 bits per heavy atom. The van der Waals surface area contributed by atoms with Gasteiger partial charge in [-0.15, -0.1) is 6.58 Å². The third-order valence-corrected chi connectivity index (χ3v) is 7.09. The molecule has 0 bridgehead atoms. The second kappa shape index (κ2) is 20.2. The molecule has 0 aromatic carbocycles. The van der Waals surface area contributed by atoms with Crippen LogP contribution < -0.4 is 0 Å². The summed E-state index contributed by atoms with van der Waals surface area (Å²) in [5.74, 6) is 0. The Hall–Kier alpha value is -0.123. The first-order valence-corrected chi connectivity index (χ1v) is 13.4. The monoisotopic (exact) mass is 370 g/mol. The molecule has 0 aromatic rings. The van der Waals surface area contributed by atoms with Crippen LogP contribution in [-0.4, -0.2) is 22.4 Å². The smallest absolute Gasteiger partial charge is 0.177 e. The van der Waals surface area contributed by atoms with Crippen molar-refractivity contribution >= 4 is 9.04 Å². The molecule has 0 fully saturated rings. The van der Waals surface area contributed by atoms with E-state index >= 15 is 0 Å². The zero-order chi connectivity index (χ0) is 18.6. The van der Waals surface area contributed by atoms with E-state index in [9.17, 15) is 0 Å². The first kappa shape index (κ1) is 24.9. The van der Waals surface area contributed by atoms with E-state index in [0.29, 0.717) is 0 Å². The summed E-state index contributed by atoms with van der Waals surface area (Å²) in [5.41, 5.74) is 0. The molecule has 2 unspecified atom stereocenters. The van der Waals surface area contributed by atoms with Crippen LogP contribution in [0.25, 0.3) is 0 Å². The highest BCUT2D eigenvalue weighted by Gasteiger charge is 2.08. The number of allylic oxidation sites excluding steroid dienone is 1. The molecule has 0 radical (unpaired) electrons. The molecule has 150 valence electrons. The van der Waals surface area contributed by atoms with Crippen molar-refractivity contribution in [3.05, 3.63) is 12.7 Å². The van der Waals surface area contributed by atoms with E-state index in [4.69, 9.17) is 9.16 Å². The van der Waals surface area contributed by atoms with Crippen LogP contribution in [0.4, 0.5) is 0 Å². The Labute approximate surface area is 160 Å². The molecule has 0 amide bonds. The zero-order valence-corrected chi connectivity index (χ0v) is 18.7. The van der Waals surface area contributed by atoms with Crippen molar-refractivity contribution in [2.45, 2.75) is 122 Å². The molecular formula is C22H46O2Si. The highest BCUT2D eigenvalue weighted by Crippen LogP contribution is 2.14. The molecule has 0 aliphatic heterocycles. The predicted molar refractivity (Wildman–Crippen MR) is 115 cm³/mol. The van der Waals surface area contributed by atoms with Crippen LogP contribution in [0.3, 0.4) is 0 Å². The third kappa shape index (κ3) is 20.0. The van der Waals surface area contributed by atoms with Gasteiger partial charge in [-0.25, -0.2) is 0 Å². The van der Waals surface area contributed by atoms with Crippen LogP contribution >= 0.6 is 0 Å². The van der Waals surface area contributed by atoms with Crippen molar-refractivity contribution in [3.8, 4) is 0 Å². The maximum Gasteiger partial charge on any atom is 0.177 e. The largest absolute Gasteiger partial charge is 0.396 e. The van der Waals surface area contributed by atoms with Crippen molar-refractivity contribution in [1.82, 2.24) is 0 Å². The van der Waals surface area contributed by atoms with E-state index in [-0.39, 0.29) is 6.29 Å². The van der Waals surface area contributed by atoms with Crippen LogP contribution in [0, 0.1) is 0 Å². The topological polar surface area (TPSA) is 18.5 Å². The van der Waals surface area contributed by atoms with Gasteiger partial charge in [0.2, 0.25) is 0 Å². The lowest BCUT2D eigenvalue weighted by molar-refractivity contribution is -0.0408. The number of methoxy groups -OCH3 is 1. The highest BCUT2D eigenvalue weighted by atomic mass is 28.3. The highest BCUT2D eigenvalue weighted by molar-refractivity contribution is 6.50. The zero-order valence-electron chi connectivity index (χ0n) is 17.6. The molecule has 0 saturated heterocycles. The number of ether oxygens (including phenoxy) is 1. The van der Waals surface area contributed by atoms with Crippen molar-refractivity contribution in [2.24, 2.45) is 0 Å². The van der Waals surface area contributed by atoms with Gasteiger partial charge in [-0.3, -0.25) is 0 Å². The number of unbranched alkanes of at least 4 members (excludes halogenated alkanes) is 14. The quantitative estimate of drug-likeness (QED) is 0.0962. The van der Waals surface area contributed by atoms with Crippen LogP contribution in [0.1, 0.15) is 103 Å². The Morgan fingerprint density at radius 1 is 0.760 bits per heavy atom. The summed E-state index contributed by atoms with van der Waals surface area (Å²) in [4.78, 5) is 0. The fourth-order valence-electron chi connectivity index (χ4n) is 3.29. The summed E-state index contributed by atoms with van der Waals surface area (Å²) in [6, 6.07) is 1.29. The van der Waals surface area contributed by atoms with Crippen molar-refractivity contribution < 1.29 is 9.16 Å². The average Bonchev–Trinajstić information content (AvgIpc) is 2.61. The minimum atomic E-state index is -1.000. The van der Waals surface area contributed by atoms with Gasteiger partial charge in [-0.1, -0.05) is 89.5 Å². The second-order valence-electron chi connectivity index (χ2n) is 7.57. The first-order valence-electron chi connectivity index (χ1n) is 11.0. The molecular weight excluding hydrogens is 324 g/mol. The van der Waals surface area contributed by atoms with Crippen molar-refractivity contribution in [2.75, 3.05) is 7.11 Å². The number of hydrogen-bond acceptors (Lipinski definition) is 2. The van der Waals surface area contributed by atoms with Crippen molar-refractivity contribution in [1.29, 1.82) is 0 Å². The molecule has 2 atom stereocenters. The summed E-state index contributed by atoms with van der Waals surface area (Å²) in [7, 11) is 0.720. The van der Waals surface area contributed by atoms with Gasteiger partial charge in [0, 0.05) is 7.11 Å². The fraction of sp³-hybridized carbons (Fsp3) is 0.909. The summed E-state index contributed by atoms with van der Waals surface area (Å²) < 4.78 is 11.0. The minimum absolute atomic E-state index is 0.0149. The molecule has 0 rings (SSSR count). The fourth-order valence-corrected chi connectivity index (χ4v) is 5.06. The minimum Gasteiger partial charge on any atom is -0.396 e. The number of rotatable bonds is 20. The lowest BCUT2D eigenvalue weighted by Crippen LogP contribution is -2.21. The molecule has 25 heavy (non-hydrogen) atoms. The van der Waals surface area contributed by atoms with E-state index in [0.717, 1.165) is 0 Å². The number of hydrogen-bond donors (Lipinski definition) is 0. The van der Waals surface area contributed by atoms with Crippen LogP contribution in [-0.2, 0) is 9.16 Å². The van der Waals surface area contributed by atoms with Crippen molar-refractivity contribution in [3.63, 3.8) is 0 Å². The molecule has 0 aliphatic rings. The van der Waals surface area contributed by atoms with Gasteiger partial charge in [0.15, 0.2) is 9.04 Å². The third-order valence-electron chi connectivity index (χ3n) is 5.02. The SMILES string of the molecule is C=CCCCCCCCCCCCCCCCC[SiH](C)OC(C)OC. The molecule has 3 heteroatoms. The lowest BCUT2D eigenvalue weighted by atomic mass is 10.0. The molecule has 2 nitrogen and oxygen atoms in total. The summed E-state index contributed by atoms with van der Waals surface area (Å²) in [6.45, 7) is 8.06. The maximum absolute atomic E-state index is 5.84. The van der Waals surface area contributed by atoms with E-state index < -0.39 is 9.04 Å². The van der Waals surface area contributed by atoms with Gasteiger partial charge in [-0.2, -0.15) is 0 Å². The first-order chi connectivity index (χ1) is 12.2. The van der Waals surface area contributed by atoms with Gasteiger partial charge in [0.1, 0.15) is 6.29 Å². The molecule has 0 saturated carbocycles. The molecule has 0 heterocycles. The Morgan fingerprint density at radius 3 is 1.56 bits per heavy atom. The van der Waals surface area contributed by atoms with Gasteiger partial charge in [0.25, 0.3) is 0 Å². The average molecular weight is 371 g/mol. The summed E-state index contributed by atoms with van der Waals surface area (Å²) >= 11 is 0. The van der Waals surface area contributed by atoms with E-state index in [2.05, 4.69) is 13.1 Å². The Balaban J connectivity index is 3.10. The van der Waals surface area contributed by atoms with Gasteiger partial charge < -0.3 is 9.16 Å². The normalized spacial score (nSPS) is 13.7. The second-order valence-corrected chi connectivity index (χ2v) is 10.0.